The summed E-state index contributed by atoms with van der Waals surface area (Å²) in [5.41, 5.74) is 2.94. The third-order valence-corrected chi connectivity index (χ3v) is 5.51. The van der Waals surface area contributed by atoms with Crippen molar-refractivity contribution in [1.29, 1.82) is 0 Å². The molecule has 1 aliphatic rings. The van der Waals surface area contributed by atoms with Gasteiger partial charge in [-0.05, 0) is 50.2 Å². The molecule has 0 bridgehead atoms. The normalized spacial score (nSPS) is 20.6. The summed E-state index contributed by atoms with van der Waals surface area (Å²) in [5, 5.41) is 0. The number of rotatable bonds is 4. The van der Waals surface area contributed by atoms with Crippen LogP contribution in [0.1, 0.15) is 56.5 Å². The summed E-state index contributed by atoms with van der Waals surface area (Å²) in [6.07, 6.45) is 3.35. The molecule has 0 aliphatic heterocycles. The van der Waals surface area contributed by atoms with Gasteiger partial charge in [0.2, 0.25) is 0 Å². The van der Waals surface area contributed by atoms with Gasteiger partial charge >= 0.3 is 0 Å². The molecule has 1 aromatic rings. The van der Waals surface area contributed by atoms with E-state index < -0.39 is 0 Å². The molecule has 0 heterocycles. The summed E-state index contributed by atoms with van der Waals surface area (Å²) in [5.74, 6) is 1.76. The van der Waals surface area contributed by atoms with Crippen molar-refractivity contribution in [3.8, 4) is 11.5 Å². The van der Waals surface area contributed by atoms with Gasteiger partial charge in [-0.15, -0.1) is 0 Å². The third kappa shape index (κ3) is 3.76. The maximum Gasteiger partial charge on any atom is 0.165 e. The van der Waals surface area contributed by atoms with E-state index in [2.05, 4.69) is 51.8 Å². The largest absolute Gasteiger partial charge is 0.490 e. The van der Waals surface area contributed by atoms with Crippen molar-refractivity contribution in [1.82, 2.24) is 0 Å². The van der Waals surface area contributed by atoms with Crippen molar-refractivity contribution >= 4 is 31.9 Å². The maximum atomic E-state index is 5.96. The van der Waals surface area contributed by atoms with E-state index in [1.807, 2.05) is 13.8 Å². The van der Waals surface area contributed by atoms with Gasteiger partial charge < -0.3 is 9.47 Å². The Morgan fingerprint density at radius 2 is 1.90 bits per heavy atom. The van der Waals surface area contributed by atoms with Crippen molar-refractivity contribution < 1.29 is 9.47 Å². The van der Waals surface area contributed by atoms with Crippen LogP contribution in [0.5, 0.6) is 11.5 Å². The van der Waals surface area contributed by atoms with Crippen LogP contribution in [0.3, 0.4) is 0 Å². The lowest BCUT2D eigenvalue weighted by atomic mass is 9.84. The van der Waals surface area contributed by atoms with Crippen LogP contribution in [-0.4, -0.2) is 13.2 Å². The van der Waals surface area contributed by atoms with Crippen LogP contribution in [0.2, 0.25) is 0 Å². The molecular formula is C17H24Br2O2. The van der Waals surface area contributed by atoms with Gasteiger partial charge in [-0.2, -0.15) is 0 Å². The van der Waals surface area contributed by atoms with Crippen LogP contribution in [0.25, 0.3) is 0 Å². The molecule has 0 fully saturated rings. The zero-order chi connectivity index (χ0) is 15.6. The lowest BCUT2D eigenvalue weighted by molar-refractivity contribution is 0.283. The lowest BCUT2D eigenvalue weighted by Gasteiger charge is -2.25. The first-order chi connectivity index (χ1) is 9.89. The fourth-order valence-corrected chi connectivity index (χ4v) is 4.94. The van der Waals surface area contributed by atoms with Crippen LogP contribution in [0.4, 0.5) is 0 Å². The molecule has 1 aliphatic carbocycles. The van der Waals surface area contributed by atoms with Gasteiger partial charge in [-0.1, -0.05) is 45.7 Å². The van der Waals surface area contributed by atoms with E-state index in [0.717, 1.165) is 28.8 Å². The van der Waals surface area contributed by atoms with E-state index in [9.17, 15) is 0 Å². The van der Waals surface area contributed by atoms with E-state index in [1.54, 1.807) is 0 Å². The summed E-state index contributed by atoms with van der Waals surface area (Å²) in [4.78, 5) is 0.295. The molecule has 0 N–H and O–H groups in total. The highest BCUT2D eigenvalue weighted by atomic mass is 79.9. The Hall–Kier alpha value is -0.220. The molecule has 1 atom stereocenters. The Kier molecular flexibility index (Phi) is 5.64. The van der Waals surface area contributed by atoms with Crippen LogP contribution in [0.15, 0.2) is 10.5 Å². The summed E-state index contributed by atoms with van der Waals surface area (Å²) in [6, 6.07) is 2.06. The second kappa shape index (κ2) is 6.91. The number of fused-ring (bicyclic) bond motifs is 1. The average molecular weight is 420 g/mol. The summed E-state index contributed by atoms with van der Waals surface area (Å²) < 4.78 is 12.9. The van der Waals surface area contributed by atoms with Crippen molar-refractivity contribution in [2.75, 3.05) is 13.2 Å². The van der Waals surface area contributed by atoms with E-state index in [4.69, 9.17) is 9.47 Å². The molecule has 1 aromatic carbocycles. The molecule has 2 rings (SSSR count). The first-order valence-corrected chi connectivity index (χ1v) is 9.35. The predicted molar refractivity (Wildman–Crippen MR) is 94.9 cm³/mol. The second-order valence-electron chi connectivity index (χ2n) is 6.28. The van der Waals surface area contributed by atoms with E-state index in [1.165, 1.54) is 17.5 Å². The van der Waals surface area contributed by atoms with Crippen LogP contribution in [0, 0.1) is 5.41 Å². The number of benzene rings is 1. The fourth-order valence-electron chi connectivity index (χ4n) is 2.96. The lowest BCUT2D eigenvalue weighted by Crippen LogP contribution is -2.12. The van der Waals surface area contributed by atoms with Crippen LogP contribution >= 0.6 is 31.9 Å². The SMILES string of the molecule is CCOc1cc(Br)c2c(c1OCC)C(Br)CC(C)(C)CC2. The summed E-state index contributed by atoms with van der Waals surface area (Å²) in [7, 11) is 0. The predicted octanol–water partition coefficient (Wildman–Crippen LogP) is 6.05. The van der Waals surface area contributed by atoms with Crippen molar-refractivity contribution in [2.45, 2.75) is 51.8 Å². The first-order valence-electron chi connectivity index (χ1n) is 7.64. The zero-order valence-corrected chi connectivity index (χ0v) is 16.4. The maximum absolute atomic E-state index is 5.96. The molecule has 0 saturated carbocycles. The van der Waals surface area contributed by atoms with Crippen molar-refractivity contribution in [3.05, 3.63) is 21.7 Å². The minimum absolute atomic E-state index is 0.295. The number of alkyl halides is 1. The summed E-state index contributed by atoms with van der Waals surface area (Å²) >= 11 is 7.63. The summed E-state index contributed by atoms with van der Waals surface area (Å²) in [6.45, 7) is 9.99. The van der Waals surface area contributed by atoms with E-state index in [-0.39, 0.29) is 0 Å². The van der Waals surface area contributed by atoms with Gasteiger partial charge in [-0.25, -0.2) is 0 Å². The third-order valence-electron chi connectivity index (χ3n) is 4.02. The highest BCUT2D eigenvalue weighted by molar-refractivity contribution is 9.10. The highest BCUT2D eigenvalue weighted by Crippen LogP contribution is 2.51. The van der Waals surface area contributed by atoms with Gasteiger partial charge in [-0.3, -0.25) is 0 Å². The Morgan fingerprint density at radius 3 is 2.52 bits per heavy atom. The molecular weight excluding hydrogens is 396 g/mol. The fraction of sp³-hybridized carbons (Fsp3) is 0.647. The molecule has 0 aromatic heterocycles. The number of hydrogen-bond acceptors (Lipinski definition) is 2. The molecule has 1 unspecified atom stereocenters. The first kappa shape index (κ1) is 17.1. The van der Waals surface area contributed by atoms with Crippen molar-refractivity contribution in [2.24, 2.45) is 5.41 Å². The molecule has 0 radical (unpaired) electrons. The number of halogens is 2. The molecule has 4 heteroatoms. The Balaban J connectivity index is 2.59. The van der Waals surface area contributed by atoms with Gasteiger partial charge in [0, 0.05) is 14.9 Å². The van der Waals surface area contributed by atoms with Crippen LogP contribution < -0.4 is 9.47 Å². The Labute approximate surface area is 144 Å². The van der Waals surface area contributed by atoms with Gasteiger partial charge in [0.15, 0.2) is 11.5 Å². The standard InChI is InChI=1S/C17H24Br2O2/c1-5-20-14-9-12(18)11-7-8-17(3,4)10-13(19)15(11)16(14)21-6-2/h9,13H,5-8,10H2,1-4H3. The number of ether oxygens (including phenoxy) is 2. The second-order valence-corrected chi connectivity index (χ2v) is 8.24. The molecule has 118 valence electrons. The van der Waals surface area contributed by atoms with Gasteiger partial charge in [0.1, 0.15) is 0 Å². The zero-order valence-electron chi connectivity index (χ0n) is 13.3. The van der Waals surface area contributed by atoms with Crippen molar-refractivity contribution in [3.63, 3.8) is 0 Å². The molecule has 0 spiro atoms. The molecule has 21 heavy (non-hydrogen) atoms. The average Bonchev–Trinajstić information content (AvgIpc) is 2.51. The highest BCUT2D eigenvalue weighted by Gasteiger charge is 2.33. The van der Waals surface area contributed by atoms with E-state index >= 15 is 0 Å². The minimum atomic E-state index is 0.295. The van der Waals surface area contributed by atoms with E-state index in [0.29, 0.717) is 23.5 Å². The van der Waals surface area contributed by atoms with Gasteiger partial charge in [0.25, 0.3) is 0 Å². The molecule has 2 nitrogen and oxygen atoms in total. The minimum Gasteiger partial charge on any atom is -0.490 e. The molecule has 0 amide bonds. The Morgan fingerprint density at radius 1 is 1.24 bits per heavy atom. The topological polar surface area (TPSA) is 18.5 Å². The number of hydrogen-bond donors (Lipinski definition) is 0. The van der Waals surface area contributed by atoms with Crippen LogP contribution in [-0.2, 0) is 6.42 Å². The van der Waals surface area contributed by atoms with Gasteiger partial charge in [0.05, 0.1) is 13.2 Å². The smallest absolute Gasteiger partial charge is 0.165 e. The quantitative estimate of drug-likeness (QED) is 0.437. The Bertz CT molecular complexity index is 512. The monoisotopic (exact) mass is 418 g/mol. The molecule has 0 saturated heterocycles.